The van der Waals surface area contributed by atoms with Gasteiger partial charge in [-0.1, -0.05) is 54.6 Å². The number of benzene rings is 2. The van der Waals surface area contributed by atoms with Crippen LogP contribution in [0.4, 0.5) is 6.01 Å². The molecule has 2 aromatic carbocycles. The summed E-state index contributed by atoms with van der Waals surface area (Å²) in [5.41, 5.74) is 3.42. The van der Waals surface area contributed by atoms with Gasteiger partial charge in [-0.25, -0.2) is 0 Å². The van der Waals surface area contributed by atoms with Gasteiger partial charge in [0.25, 0.3) is 6.01 Å². The maximum Gasteiger partial charge on any atom is 0.296 e. The summed E-state index contributed by atoms with van der Waals surface area (Å²) >= 11 is 0. The third kappa shape index (κ3) is 3.43. The zero-order valence-corrected chi connectivity index (χ0v) is 13.5. The van der Waals surface area contributed by atoms with Crippen LogP contribution < -0.4 is 5.32 Å². The monoisotopic (exact) mass is 317 g/mol. The molecule has 3 rings (SSSR count). The maximum absolute atomic E-state index is 5.79. The van der Waals surface area contributed by atoms with Crippen LogP contribution >= 0.6 is 0 Å². The van der Waals surface area contributed by atoms with E-state index in [9.17, 15) is 0 Å². The number of hydrogen-bond acceptors (Lipinski definition) is 4. The summed E-state index contributed by atoms with van der Waals surface area (Å²) in [6.45, 7) is 5.66. The third-order valence-electron chi connectivity index (χ3n) is 3.63. The molecular weight excluding hydrogens is 298 g/mol. The van der Waals surface area contributed by atoms with Gasteiger partial charge in [-0.15, -0.1) is 0 Å². The molecule has 0 saturated heterocycles. The summed E-state index contributed by atoms with van der Waals surface area (Å²) in [6.07, 6.45) is 5.82. The van der Waals surface area contributed by atoms with E-state index >= 15 is 0 Å². The topological polar surface area (TPSA) is 50.4 Å². The quantitative estimate of drug-likeness (QED) is 0.506. The van der Waals surface area contributed by atoms with Crippen LogP contribution in [0.15, 0.2) is 87.9 Å². The minimum Gasteiger partial charge on any atom is -0.424 e. The van der Waals surface area contributed by atoms with Crippen molar-refractivity contribution in [3.05, 3.63) is 84.1 Å². The van der Waals surface area contributed by atoms with Crippen molar-refractivity contribution < 1.29 is 4.42 Å². The second-order valence-electron chi connectivity index (χ2n) is 5.25. The Kier molecular flexibility index (Phi) is 4.87. The molecule has 0 unspecified atom stereocenters. The Morgan fingerprint density at radius 3 is 2.62 bits per heavy atom. The largest absolute Gasteiger partial charge is 0.424 e. The number of aliphatic imine (C=N–C) groups is 1. The van der Waals surface area contributed by atoms with E-state index in [4.69, 9.17) is 4.42 Å². The lowest BCUT2D eigenvalue weighted by Crippen LogP contribution is -2.12. The van der Waals surface area contributed by atoms with E-state index in [1.165, 1.54) is 0 Å². The average molecular weight is 317 g/mol. The van der Waals surface area contributed by atoms with Crippen molar-refractivity contribution in [3.63, 3.8) is 0 Å². The Labute approximate surface area is 141 Å². The molecule has 4 heteroatoms. The van der Waals surface area contributed by atoms with Crippen molar-refractivity contribution in [1.82, 2.24) is 4.98 Å². The molecule has 0 bridgehead atoms. The van der Waals surface area contributed by atoms with Crippen molar-refractivity contribution in [1.29, 1.82) is 0 Å². The molecule has 4 nitrogen and oxygen atoms in total. The molecule has 1 atom stereocenters. The lowest BCUT2D eigenvalue weighted by Gasteiger charge is -2.18. The van der Waals surface area contributed by atoms with Gasteiger partial charge in [0.15, 0.2) is 5.58 Å². The van der Waals surface area contributed by atoms with E-state index in [1.807, 2.05) is 79.7 Å². The number of oxazole rings is 1. The van der Waals surface area contributed by atoms with Crippen molar-refractivity contribution >= 4 is 23.8 Å². The van der Waals surface area contributed by atoms with Gasteiger partial charge >= 0.3 is 0 Å². The van der Waals surface area contributed by atoms with E-state index in [0.29, 0.717) is 6.01 Å². The molecule has 0 amide bonds. The molecule has 1 N–H and O–H groups in total. The molecule has 3 aromatic rings. The second-order valence-corrected chi connectivity index (χ2v) is 5.25. The standard InChI is InChI=1S/C20H19N3O/c1-3-4-12-17(21-2)19(15-10-6-5-7-11-15)23-20-22-16-13-8-9-14-18(16)24-20/h3-14,19H,2H2,1H3,(H,22,23)/b4-3-,17-12-/t19-/m0/s1. The van der Waals surface area contributed by atoms with Crippen LogP contribution in [0.5, 0.6) is 0 Å². The molecule has 0 fully saturated rings. The molecule has 1 heterocycles. The number of fused-ring (bicyclic) bond motifs is 1. The van der Waals surface area contributed by atoms with Gasteiger partial charge < -0.3 is 9.73 Å². The Morgan fingerprint density at radius 1 is 1.17 bits per heavy atom. The van der Waals surface area contributed by atoms with Gasteiger partial charge in [0.1, 0.15) is 5.52 Å². The van der Waals surface area contributed by atoms with Crippen molar-refractivity contribution in [2.75, 3.05) is 5.32 Å². The Bertz CT molecular complexity index is 845. The van der Waals surface area contributed by atoms with Crippen molar-refractivity contribution in [2.24, 2.45) is 4.99 Å². The van der Waals surface area contributed by atoms with Crippen LogP contribution in [-0.2, 0) is 0 Å². The molecule has 0 saturated carbocycles. The first-order valence-electron chi connectivity index (χ1n) is 7.78. The summed E-state index contributed by atoms with van der Waals surface area (Å²) in [5.74, 6) is 0. The number of allylic oxidation sites excluding steroid dienone is 3. The molecule has 0 aliphatic heterocycles. The minimum atomic E-state index is -0.201. The highest BCUT2D eigenvalue weighted by Crippen LogP contribution is 2.28. The van der Waals surface area contributed by atoms with Crippen LogP contribution in [0.2, 0.25) is 0 Å². The minimum absolute atomic E-state index is 0.201. The van der Waals surface area contributed by atoms with E-state index in [1.54, 1.807) is 0 Å². The zero-order chi connectivity index (χ0) is 16.8. The number of nitrogens with zero attached hydrogens (tertiary/aromatic N) is 2. The van der Waals surface area contributed by atoms with Gasteiger partial charge in [-0.05, 0) is 37.4 Å². The van der Waals surface area contributed by atoms with E-state index in [0.717, 1.165) is 22.4 Å². The number of para-hydroxylation sites is 2. The first-order valence-corrected chi connectivity index (χ1v) is 7.78. The lowest BCUT2D eigenvalue weighted by atomic mass is 10.0. The summed E-state index contributed by atoms with van der Waals surface area (Å²) in [7, 11) is 0. The smallest absolute Gasteiger partial charge is 0.296 e. The third-order valence-corrected chi connectivity index (χ3v) is 3.63. The fourth-order valence-electron chi connectivity index (χ4n) is 2.47. The normalized spacial score (nSPS) is 13.3. The number of anilines is 1. The van der Waals surface area contributed by atoms with E-state index < -0.39 is 0 Å². The molecule has 120 valence electrons. The number of rotatable bonds is 6. The Balaban J connectivity index is 1.99. The fourth-order valence-corrected chi connectivity index (χ4v) is 2.47. The SMILES string of the molecule is C=N/C(=C\C=C/C)[C@@H](Nc1nc2ccccc2o1)c1ccccc1. The Morgan fingerprint density at radius 2 is 1.92 bits per heavy atom. The highest BCUT2D eigenvalue weighted by Gasteiger charge is 2.18. The predicted molar refractivity (Wildman–Crippen MR) is 99.3 cm³/mol. The first-order chi connectivity index (χ1) is 11.8. The van der Waals surface area contributed by atoms with Gasteiger partial charge in [-0.3, -0.25) is 4.99 Å². The molecule has 0 radical (unpaired) electrons. The van der Waals surface area contributed by atoms with E-state index in [2.05, 4.69) is 22.0 Å². The van der Waals surface area contributed by atoms with Crippen LogP contribution in [0.25, 0.3) is 11.1 Å². The van der Waals surface area contributed by atoms with Crippen LogP contribution in [0.3, 0.4) is 0 Å². The van der Waals surface area contributed by atoms with Gasteiger partial charge in [0.05, 0.1) is 11.7 Å². The molecule has 0 aliphatic rings. The van der Waals surface area contributed by atoms with Crippen molar-refractivity contribution in [3.8, 4) is 0 Å². The summed E-state index contributed by atoms with van der Waals surface area (Å²) in [6, 6.07) is 18.0. The zero-order valence-electron chi connectivity index (χ0n) is 13.5. The van der Waals surface area contributed by atoms with E-state index in [-0.39, 0.29) is 6.04 Å². The van der Waals surface area contributed by atoms with Crippen LogP contribution in [0, 0.1) is 0 Å². The number of hydrogen-bond donors (Lipinski definition) is 1. The van der Waals surface area contributed by atoms with Crippen LogP contribution in [-0.4, -0.2) is 11.7 Å². The second kappa shape index (κ2) is 7.42. The molecule has 24 heavy (non-hydrogen) atoms. The molecule has 1 aromatic heterocycles. The molecular formula is C20H19N3O. The summed E-state index contributed by atoms with van der Waals surface area (Å²) in [4.78, 5) is 8.67. The number of nitrogens with one attached hydrogen (secondary N) is 1. The fraction of sp³-hybridized carbons (Fsp3) is 0.100. The number of aromatic nitrogens is 1. The van der Waals surface area contributed by atoms with Gasteiger partial charge in [-0.2, -0.15) is 4.98 Å². The highest BCUT2D eigenvalue weighted by molar-refractivity contribution is 5.74. The first kappa shape index (κ1) is 15.7. The highest BCUT2D eigenvalue weighted by atomic mass is 16.4. The van der Waals surface area contributed by atoms with Gasteiger partial charge in [0, 0.05) is 0 Å². The summed E-state index contributed by atoms with van der Waals surface area (Å²) in [5, 5.41) is 3.33. The summed E-state index contributed by atoms with van der Waals surface area (Å²) < 4.78 is 5.79. The molecule has 0 spiro atoms. The average Bonchev–Trinajstić information content (AvgIpc) is 3.04. The van der Waals surface area contributed by atoms with Crippen molar-refractivity contribution in [2.45, 2.75) is 13.0 Å². The van der Waals surface area contributed by atoms with Crippen LogP contribution in [0.1, 0.15) is 18.5 Å². The maximum atomic E-state index is 5.79. The Hall–Kier alpha value is -3.14. The predicted octanol–water partition coefficient (Wildman–Crippen LogP) is 5.14. The van der Waals surface area contributed by atoms with Gasteiger partial charge in [0.2, 0.25) is 0 Å². The lowest BCUT2D eigenvalue weighted by molar-refractivity contribution is 0.606. The molecule has 0 aliphatic carbocycles.